The molecule has 1 amide bonds. The van der Waals surface area contributed by atoms with E-state index in [0.29, 0.717) is 25.6 Å². The summed E-state index contributed by atoms with van der Waals surface area (Å²) in [6, 6.07) is 4.76. The van der Waals surface area contributed by atoms with Crippen molar-refractivity contribution in [3.63, 3.8) is 0 Å². The Morgan fingerprint density at radius 2 is 2.20 bits per heavy atom. The van der Waals surface area contributed by atoms with E-state index >= 15 is 0 Å². The number of nitrogens with one attached hydrogen (secondary N) is 2. The number of anilines is 1. The van der Waals surface area contributed by atoms with Gasteiger partial charge in [-0.3, -0.25) is 14.5 Å². The van der Waals surface area contributed by atoms with Gasteiger partial charge in [-0.25, -0.2) is 4.39 Å². The number of rotatable bonds is 4. The molecule has 8 nitrogen and oxygen atoms in total. The second-order valence-electron chi connectivity index (χ2n) is 7.07. The zero-order valence-electron chi connectivity index (χ0n) is 16.9. The quantitative estimate of drug-likeness (QED) is 0.311. The molecule has 1 aliphatic heterocycles. The van der Waals surface area contributed by atoms with Crippen LogP contribution in [0, 0.1) is 5.82 Å². The Balaban J connectivity index is 0.00000256. The fraction of sp³-hybridized carbons (Fsp3) is 0.350. The number of carbonyl (C=O) groups excluding carboxylic acids is 1. The van der Waals surface area contributed by atoms with Crippen LogP contribution < -0.4 is 10.2 Å². The number of aromatic nitrogens is 3. The van der Waals surface area contributed by atoms with Crippen LogP contribution >= 0.6 is 24.0 Å². The molecule has 30 heavy (non-hydrogen) atoms. The SMILES string of the molecule is CN=C(NCCc1c[nH]c2cc(F)ccc12)N1CCN(c2cnn(C)c2)C(=O)C1.I. The van der Waals surface area contributed by atoms with Gasteiger partial charge in [-0.1, -0.05) is 0 Å². The molecule has 160 valence electrons. The van der Waals surface area contributed by atoms with Gasteiger partial charge in [0.15, 0.2) is 5.96 Å². The van der Waals surface area contributed by atoms with Crippen molar-refractivity contribution in [2.24, 2.45) is 12.0 Å². The monoisotopic (exact) mass is 525 g/mol. The molecule has 2 N–H and O–H groups in total. The number of fused-ring (bicyclic) bond motifs is 1. The molecule has 1 aromatic carbocycles. The minimum Gasteiger partial charge on any atom is -0.361 e. The van der Waals surface area contributed by atoms with E-state index in [-0.39, 0.29) is 42.2 Å². The van der Waals surface area contributed by atoms with Crippen LogP contribution in [0.15, 0.2) is 41.8 Å². The zero-order chi connectivity index (χ0) is 20.4. The molecule has 0 unspecified atom stereocenters. The molecule has 0 spiro atoms. The summed E-state index contributed by atoms with van der Waals surface area (Å²) in [7, 11) is 3.55. The predicted molar refractivity (Wildman–Crippen MR) is 126 cm³/mol. The zero-order valence-corrected chi connectivity index (χ0v) is 19.3. The van der Waals surface area contributed by atoms with Gasteiger partial charge in [-0.2, -0.15) is 5.10 Å². The molecule has 0 aliphatic carbocycles. The lowest BCUT2D eigenvalue weighted by molar-refractivity contribution is -0.120. The topological polar surface area (TPSA) is 81.6 Å². The highest BCUT2D eigenvalue weighted by Gasteiger charge is 2.27. The van der Waals surface area contributed by atoms with Crippen molar-refractivity contribution >= 4 is 52.4 Å². The van der Waals surface area contributed by atoms with Crippen LogP contribution in [-0.4, -0.2) is 64.8 Å². The molecule has 3 aromatic rings. The van der Waals surface area contributed by atoms with Crippen molar-refractivity contribution in [1.82, 2.24) is 25.0 Å². The number of aryl methyl sites for hydroxylation is 1. The van der Waals surface area contributed by atoms with Gasteiger partial charge in [0, 0.05) is 57.0 Å². The minimum absolute atomic E-state index is 0. The number of hydrogen-bond acceptors (Lipinski definition) is 3. The molecule has 4 rings (SSSR count). The first-order valence-corrected chi connectivity index (χ1v) is 9.55. The Bertz CT molecular complexity index is 1060. The van der Waals surface area contributed by atoms with E-state index in [0.717, 1.165) is 28.6 Å². The molecule has 0 radical (unpaired) electrons. The number of H-pyrrole nitrogens is 1. The standard InChI is InChI=1S/C20H24FN7O.HI/c1-22-20(23-6-5-14-10-24-18-9-15(21)3-4-17(14)18)27-7-8-28(19(29)13-27)16-11-25-26(2)12-16;/h3-4,9-12,24H,5-8,13H2,1-2H3,(H,22,23);1H. The van der Waals surface area contributed by atoms with Crippen LogP contribution in [0.25, 0.3) is 10.9 Å². The summed E-state index contributed by atoms with van der Waals surface area (Å²) < 4.78 is 15.0. The number of benzene rings is 1. The summed E-state index contributed by atoms with van der Waals surface area (Å²) in [6.45, 7) is 2.20. The van der Waals surface area contributed by atoms with Crippen LogP contribution in [0.3, 0.4) is 0 Å². The third-order valence-corrected chi connectivity index (χ3v) is 5.14. The van der Waals surface area contributed by atoms with E-state index in [9.17, 15) is 9.18 Å². The normalized spacial score (nSPS) is 14.9. The van der Waals surface area contributed by atoms with Gasteiger partial charge in [0.25, 0.3) is 0 Å². The fourth-order valence-corrected chi connectivity index (χ4v) is 3.68. The van der Waals surface area contributed by atoms with Crippen molar-refractivity contribution in [2.45, 2.75) is 6.42 Å². The average Bonchev–Trinajstić information content (AvgIpc) is 3.31. The third-order valence-electron chi connectivity index (χ3n) is 5.14. The number of amides is 1. The third kappa shape index (κ3) is 4.58. The average molecular weight is 525 g/mol. The molecule has 0 atom stereocenters. The molecule has 0 saturated carbocycles. The maximum Gasteiger partial charge on any atom is 0.246 e. The summed E-state index contributed by atoms with van der Waals surface area (Å²) in [5.74, 6) is 0.473. The van der Waals surface area contributed by atoms with E-state index in [4.69, 9.17) is 0 Å². The Morgan fingerprint density at radius 3 is 2.90 bits per heavy atom. The van der Waals surface area contributed by atoms with E-state index < -0.39 is 0 Å². The lowest BCUT2D eigenvalue weighted by atomic mass is 10.1. The molecule has 1 fully saturated rings. The lowest BCUT2D eigenvalue weighted by Gasteiger charge is -2.35. The summed E-state index contributed by atoms with van der Waals surface area (Å²) in [4.78, 5) is 23.7. The van der Waals surface area contributed by atoms with Crippen LogP contribution in [0.4, 0.5) is 10.1 Å². The van der Waals surface area contributed by atoms with Gasteiger partial charge < -0.3 is 20.1 Å². The van der Waals surface area contributed by atoms with E-state index in [1.165, 1.54) is 12.1 Å². The first-order valence-electron chi connectivity index (χ1n) is 9.55. The molecular formula is C20H25FIN7O. The Labute approximate surface area is 191 Å². The summed E-state index contributed by atoms with van der Waals surface area (Å²) >= 11 is 0. The molecule has 3 heterocycles. The Kier molecular flexibility index (Phi) is 6.95. The Morgan fingerprint density at radius 1 is 1.37 bits per heavy atom. The van der Waals surface area contributed by atoms with E-state index in [2.05, 4.69) is 20.4 Å². The fourth-order valence-electron chi connectivity index (χ4n) is 3.68. The molecule has 1 saturated heterocycles. The van der Waals surface area contributed by atoms with Gasteiger partial charge in [-0.15, -0.1) is 24.0 Å². The molecule has 2 aromatic heterocycles. The highest BCUT2D eigenvalue weighted by Crippen LogP contribution is 2.19. The van der Waals surface area contributed by atoms with Crippen LogP contribution in [0.2, 0.25) is 0 Å². The molecular weight excluding hydrogens is 500 g/mol. The molecule has 1 aliphatic rings. The predicted octanol–water partition coefficient (Wildman–Crippen LogP) is 2.13. The lowest BCUT2D eigenvalue weighted by Crippen LogP contribution is -2.55. The second-order valence-corrected chi connectivity index (χ2v) is 7.07. The Hall–Kier alpha value is -2.63. The van der Waals surface area contributed by atoms with Gasteiger partial charge in [-0.05, 0) is 30.2 Å². The van der Waals surface area contributed by atoms with Crippen molar-refractivity contribution in [1.29, 1.82) is 0 Å². The summed E-state index contributed by atoms with van der Waals surface area (Å²) in [5, 5.41) is 8.49. The number of hydrogen-bond donors (Lipinski definition) is 2. The first-order chi connectivity index (χ1) is 14.0. The smallest absolute Gasteiger partial charge is 0.246 e. The number of aliphatic imine (C=N–C) groups is 1. The second kappa shape index (κ2) is 9.45. The van der Waals surface area contributed by atoms with Gasteiger partial charge in [0.2, 0.25) is 5.91 Å². The maximum absolute atomic E-state index is 13.3. The van der Waals surface area contributed by atoms with Gasteiger partial charge in [0.05, 0.1) is 11.9 Å². The van der Waals surface area contributed by atoms with Crippen molar-refractivity contribution < 1.29 is 9.18 Å². The number of piperazine rings is 1. The van der Waals surface area contributed by atoms with Crippen molar-refractivity contribution in [3.8, 4) is 0 Å². The number of guanidine groups is 1. The first kappa shape index (κ1) is 22.1. The van der Waals surface area contributed by atoms with E-state index in [1.807, 2.05) is 24.3 Å². The maximum atomic E-state index is 13.3. The highest BCUT2D eigenvalue weighted by atomic mass is 127. The highest BCUT2D eigenvalue weighted by molar-refractivity contribution is 14.0. The van der Waals surface area contributed by atoms with Gasteiger partial charge >= 0.3 is 0 Å². The number of halogens is 2. The van der Waals surface area contributed by atoms with Crippen LogP contribution in [-0.2, 0) is 18.3 Å². The summed E-state index contributed by atoms with van der Waals surface area (Å²) in [6.07, 6.45) is 6.21. The van der Waals surface area contributed by atoms with Crippen LogP contribution in [0.5, 0.6) is 0 Å². The number of carbonyl (C=O) groups is 1. The van der Waals surface area contributed by atoms with Crippen molar-refractivity contribution in [3.05, 3.63) is 48.2 Å². The number of aromatic amines is 1. The minimum atomic E-state index is -0.250. The van der Waals surface area contributed by atoms with Gasteiger partial charge in [0.1, 0.15) is 12.4 Å². The summed E-state index contributed by atoms with van der Waals surface area (Å²) in [5.41, 5.74) is 2.72. The largest absolute Gasteiger partial charge is 0.361 e. The molecule has 0 bridgehead atoms. The van der Waals surface area contributed by atoms with Crippen molar-refractivity contribution in [2.75, 3.05) is 38.1 Å². The number of nitrogens with zero attached hydrogens (tertiary/aromatic N) is 5. The van der Waals surface area contributed by atoms with Crippen LogP contribution in [0.1, 0.15) is 5.56 Å². The van der Waals surface area contributed by atoms with E-state index in [1.54, 1.807) is 28.9 Å². The molecule has 10 heteroatoms.